The zero-order valence-corrected chi connectivity index (χ0v) is 11.1. The van der Waals surface area contributed by atoms with E-state index < -0.39 is 8.80 Å². The Bertz CT molecular complexity index is 282. The van der Waals surface area contributed by atoms with Crippen molar-refractivity contribution in [3.63, 3.8) is 0 Å². The fourth-order valence-electron chi connectivity index (χ4n) is 2.14. The van der Waals surface area contributed by atoms with Gasteiger partial charge < -0.3 is 5.11 Å². The molecule has 0 bridgehead atoms. The van der Waals surface area contributed by atoms with Crippen LogP contribution in [0.25, 0.3) is 0 Å². The third-order valence-corrected chi connectivity index (χ3v) is 6.20. The minimum atomic E-state index is -0.462. The van der Waals surface area contributed by atoms with Crippen molar-refractivity contribution in [3.05, 3.63) is 29.8 Å². The number of aliphatic hydroxyl groups is 1. The summed E-state index contributed by atoms with van der Waals surface area (Å²) < 4.78 is 0. The number of benzene rings is 1. The molecule has 0 aliphatic carbocycles. The van der Waals surface area contributed by atoms with Crippen LogP contribution in [0, 0.1) is 0 Å². The monoisotopic (exact) mass is 221 g/mol. The first-order valence-electron chi connectivity index (χ1n) is 5.63. The summed E-state index contributed by atoms with van der Waals surface area (Å²) in [7, 11) is -0.462. The zero-order valence-electron chi connectivity index (χ0n) is 10.1. The molecule has 0 spiro atoms. The Morgan fingerprint density at radius 3 is 1.80 bits per heavy atom. The lowest BCUT2D eigenvalue weighted by Crippen LogP contribution is -2.35. The van der Waals surface area contributed by atoms with Crippen molar-refractivity contribution in [2.24, 2.45) is 0 Å². The van der Waals surface area contributed by atoms with Gasteiger partial charge in [-0.15, -0.1) is 0 Å². The summed E-state index contributed by atoms with van der Waals surface area (Å²) in [5.74, 6) is 0. The quantitative estimate of drug-likeness (QED) is 0.775. The second-order valence-corrected chi connectivity index (χ2v) is 8.42. The molecule has 84 valence electrons. The fourth-order valence-corrected chi connectivity index (χ4v) is 5.35. The molecule has 15 heavy (non-hydrogen) atoms. The topological polar surface area (TPSA) is 20.2 Å². The number of hydrogen-bond donors (Lipinski definition) is 1. The maximum atomic E-state index is 8.99. The van der Waals surface area contributed by atoms with Crippen molar-refractivity contribution in [1.29, 1.82) is 0 Å². The highest BCUT2D eigenvalue weighted by Gasteiger charge is 2.05. The Hall–Kier alpha value is -0.603. The Morgan fingerprint density at radius 1 is 1.00 bits per heavy atom. The van der Waals surface area contributed by atoms with Crippen LogP contribution >= 0.6 is 0 Å². The molecule has 1 nitrogen and oxygen atoms in total. The first-order valence-corrected chi connectivity index (χ1v) is 7.28. The van der Waals surface area contributed by atoms with Crippen LogP contribution in [0.1, 0.15) is 33.3 Å². The molecule has 1 aromatic carbocycles. The second-order valence-electron chi connectivity index (χ2n) is 4.62. The zero-order chi connectivity index (χ0) is 11.4. The van der Waals surface area contributed by atoms with Crippen molar-refractivity contribution >= 4 is 14.0 Å². The van der Waals surface area contributed by atoms with Gasteiger partial charge in [-0.05, 0) is 5.56 Å². The Morgan fingerprint density at radius 2 is 1.47 bits per heavy atom. The van der Waals surface area contributed by atoms with E-state index >= 15 is 0 Å². The van der Waals surface area contributed by atoms with Crippen LogP contribution < -0.4 is 5.19 Å². The lowest BCUT2D eigenvalue weighted by molar-refractivity contribution is 0.282. The first-order chi connectivity index (χ1) is 7.06. The van der Waals surface area contributed by atoms with Crippen molar-refractivity contribution in [1.82, 2.24) is 0 Å². The molecule has 0 aromatic heterocycles. The van der Waals surface area contributed by atoms with Gasteiger partial charge in [0.05, 0.1) is 6.61 Å². The van der Waals surface area contributed by atoms with Gasteiger partial charge in [0.1, 0.15) is 0 Å². The van der Waals surface area contributed by atoms with Crippen molar-refractivity contribution < 1.29 is 5.11 Å². The van der Waals surface area contributed by atoms with Gasteiger partial charge in [-0.25, -0.2) is 0 Å². The Kier molecular flexibility index (Phi) is 4.55. The SMILES string of the molecule is CC(C)[Si-](c1ccc(CO)cc1)C(C)C. The highest BCUT2D eigenvalue weighted by Crippen LogP contribution is 2.19. The maximum Gasteiger partial charge on any atom is 0.0681 e. The summed E-state index contributed by atoms with van der Waals surface area (Å²) in [4.78, 5) is 0. The van der Waals surface area contributed by atoms with E-state index in [-0.39, 0.29) is 6.61 Å². The molecule has 0 aliphatic heterocycles. The highest BCUT2D eigenvalue weighted by molar-refractivity contribution is 6.75. The standard InChI is InChI=1S/C13H21OSi/c1-10(2)15(11(3)4)13-7-5-12(9-14)6-8-13/h5-8,10-11,14H,9H2,1-4H3/q-1. The van der Waals surface area contributed by atoms with Gasteiger partial charge in [-0.2, -0.15) is 16.3 Å². The molecule has 0 saturated carbocycles. The third kappa shape index (κ3) is 3.18. The molecule has 0 heterocycles. The summed E-state index contributed by atoms with van der Waals surface area (Å²) in [5.41, 5.74) is 2.53. The smallest absolute Gasteiger partial charge is 0.0681 e. The predicted molar refractivity (Wildman–Crippen MR) is 67.9 cm³/mol. The van der Waals surface area contributed by atoms with Crippen molar-refractivity contribution in [3.8, 4) is 0 Å². The minimum Gasteiger partial charge on any atom is -0.392 e. The van der Waals surface area contributed by atoms with E-state index in [0.717, 1.165) is 16.6 Å². The summed E-state index contributed by atoms with van der Waals surface area (Å²) >= 11 is 0. The van der Waals surface area contributed by atoms with Gasteiger partial charge in [0, 0.05) is 0 Å². The molecular weight excluding hydrogens is 200 g/mol. The van der Waals surface area contributed by atoms with Gasteiger partial charge in [-0.1, -0.05) is 52.0 Å². The van der Waals surface area contributed by atoms with Crippen LogP contribution in [0.5, 0.6) is 0 Å². The lowest BCUT2D eigenvalue weighted by atomic mass is 10.2. The lowest BCUT2D eigenvalue weighted by Gasteiger charge is -2.40. The van der Waals surface area contributed by atoms with E-state index in [9.17, 15) is 0 Å². The first kappa shape index (κ1) is 12.5. The Balaban J connectivity index is 2.92. The van der Waals surface area contributed by atoms with Gasteiger partial charge >= 0.3 is 0 Å². The molecule has 0 radical (unpaired) electrons. The summed E-state index contributed by atoms with van der Waals surface area (Å²) in [6.07, 6.45) is 0. The molecule has 0 unspecified atom stereocenters. The molecular formula is C13H21OSi-. The summed E-state index contributed by atoms with van der Waals surface area (Å²) in [6, 6.07) is 8.48. The number of rotatable bonds is 4. The van der Waals surface area contributed by atoms with Crippen LogP contribution in [-0.4, -0.2) is 13.9 Å². The predicted octanol–water partition coefficient (Wildman–Crippen LogP) is 2.70. The maximum absolute atomic E-state index is 8.99. The number of aliphatic hydroxyl groups excluding tert-OH is 1. The van der Waals surface area contributed by atoms with Crippen LogP contribution in [0.2, 0.25) is 11.1 Å². The van der Waals surface area contributed by atoms with E-state index in [1.165, 1.54) is 5.19 Å². The van der Waals surface area contributed by atoms with Gasteiger partial charge in [0.25, 0.3) is 0 Å². The molecule has 0 atom stereocenters. The van der Waals surface area contributed by atoms with Crippen molar-refractivity contribution in [2.75, 3.05) is 0 Å². The van der Waals surface area contributed by atoms with E-state index in [4.69, 9.17) is 5.11 Å². The van der Waals surface area contributed by atoms with E-state index in [1.54, 1.807) is 0 Å². The number of hydrogen-bond acceptors (Lipinski definition) is 1. The molecule has 0 aliphatic rings. The largest absolute Gasteiger partial charge is 0.392 e. The third-order valence-electron chi connectivity index (χ3n) is 2.71. The van der Waals surface area contributed by atoms with Gasteiger partial charge in [0.15, 0.2) is 0 Å². The average Bonchev–Trinajstić information content (AvgIpc) is 2.18. The normalized spacial score (nSPS) is 11.1. The molecule has 0 saturated heterocycles. The minimum absolute atomic E-state index is 0.145. The molecule has 0 fully saturated rings. The van der Waals surface area contributed by atoms with Crippen LogP contribution in [0.15, 0.2) is 24.3 Å². The van der Waals surface area contributed by atoms with E-state index in [0.29, 0.717) is 0 Å². The van der Waals surface area contributed by atoms with Crippen LogP contribution in [0.4, 0.5) is 0 Å². The molecule has 1 N–H and O–H groups in total. The Labute approximate surface area is 94.8 Å². The van der Waals surface area contributed by atoms with E-state index in [1.807, 2.05) is 12.1 Å². The summed E-state index contributed by atoms with van der Waals surface area (Å²) in [6.45, 7) is 9.40. The van der Waals surface area contributed by atoms with Crippen molar-refractivity contribution in [2.45, 2.75) is 45.4 Å². The molecule has 1 aromatic rings. The van der Waals surface area contributed by atoms with Crippen LogP contribution in [0.3, 0.4) is 0 Å². The molecule has 1 rings (SSSR count). The molecule has 2 heteroatoms. The van der Waals surface area contributed by atoms with Gasteiger partial charge in [-0.3, -0.25) is 8.80 Å². The fraction of sp³-hybridized carbons (Fsp3) is 0.538. The summed E-state index contributed by atoms with van der Waals surface area (Å²) in [5, 5.41) is 10.5. The second kappa shape index (κ2) is 5.47. The average molecular weight is 221 g/mol. The highest BCUT2D eigenvalue weighted by atomic mass is 28.3. The molecule has 0 amide bonds. The van der Waals surface area contributed by atoms with Gasteiger partial charge in [0.2, 0.25) is 0 Å². The van der Waals surface area contributed by atoms with Crippen LogP contribution in [-0.2, 0) is 6.61 Å². The van der Waals surface area contributed by atoms with E-state index in [2.05, 4.69) is 39.8 Å².